The van der Waals surface area contributed by atoms with Crippen LogP contribution in [0, 0.1) is 13.3 Å². The monoisotopic (exact) mass is 157 g/mol. The second-order valence-corrected chi connectivity index (χ2v) is 3.56. The van der Waals surface area contributed by atoms with Crippen molar-refractivity contribution in [3.05, 3.63) is 53.0 Å². The Labute approximate surface area is 73.9 Å². The van der Waals surface area contributed by atoms with E-state index in [1.54, 1.807) is 0 Å². The van der Waals surface area contributed by atoms with Gasteiger partial charge in [-0.05, 0) is 31.4 Å². The van der Waals surface area contributed by atoms with Crippen LogP contribution in [0.4, 0.5) is 0 Å². The van der Waals surface area contributed by atoms with Crippen molar-refractivity contribution in [3.63, 3.8) is 0 Å². The number of hydrogen-bond donors (Lipinski definition) is 0. The van der Waals surface area contributed by atoms with Crippen molar-refractivity contribution >= 4 is 0 Å². The van der Waals surface area contributed by atoms with Gasteiger partial charge in [-0.15, -0.1) is 0 Å². The second-order valence-electron chi connectivity index (χ2n) is 3.56. The van der Waals surface area contributed by atoms with Crippen molar-refractivity contribution in [2.24, 2.45) is 0 Å². The van der Waals surface area contributed by atoms with Gasteiger partial charge in [0, 0.05) is 6.42 Å². The van der Waals surface area contributed by atoms with Gasteiger partial charge in [0.2, 0.25) is 0 Å². The molecule has 0 heterocycles. The highest BCUT2D eigenvalue weighted by atomic mass is 14.1. The predicted molar refractivity (Wildman–Crippen MR) is 52.0 cm³/mol. The van der Waals surface area contributed by atoms with Gasteiger partial charge in [-0.3, -0.25) is 0 Å². The highest BCUT2D eigenvalue weighted by Gasteiger charge is 2.07. The topological polar surface area (TPSA) is 0 Å². The molecule has 1 aliphatic carbocycles. The van der Waals surface area contributed by atoms with Crippen LogP contribution in [0.15, 0.2) is 29.8 Å². The van der Waals surface area contributed by atoms with E-state index in [1.807, 2.05) is 0 Å². The van der Waals surface area contributed by atoms with E-state index >= 15 is 0 Å². The smallest absolute Gasteiger partial charge is 0.0127 e. The molecule has 0 nitrogen and oxygen atoms in total. The number of allylic oxidation sites excluding steroid dienone is 2. The zero-order chi connectivity index (χ0) is 8.55. The Morgan fingerprint density at radius 1 is 1.17 bits per heavy atom. The van der Waals surface area contributed by atoms with Crippen LogP contribution >= 0.6 is 0 Å². The maximum atomic E-state index is 2.25. The number of fused-ring (bicyclic) bond motifs is 1. The second kappa shape index (κ2) is 2.78. The average Bonchev–Trinajstić information content (AvgIpc) is 2.05. The molecule has 0 atom stereocenters. The molecule has 0 N–H and O–H groups in total. The number of aryl methyl sites for hydroxylation is 1. The van der Waals surface area contributed by atoms with Crippen LogP contribution < -0.4 is 0 Å². The third kappa shape index (κ3) is 1.29. The summed E-state index contributed by atoms with van der Waals surface area (Å²) in [5.41, 5.74) is 5.64. The summed E-state index contributed by atoms with van der Waals surface area (Å²) in [6.45, 7) is 4.32. The number of benzene rings is 1. The third-order valence-corrected chi connectivity index (χ3v) is 2.32. The maximum Gasteiger partial charge on any atom is 0.0127 e. The molecule has 0 fully saturated rings. The van der Waals surface area contributed by atoms with Gasteiger partial charge >= 0.3 is 0 Å². The van der Waals surface area contributed by atoms with Crippen molar-refractivity contribution in [1.29, 1.82) is 0 Å². The summed E-state index contributed by atoms with van der Waals surface area (Å²) in [6.07, 6.45) is 5.54. The molecule has 12 heavy (non-hydrogen) atoms. The van der Waals surface area contributed by atoms with Crippen LogP contribution in [-0.4, -0.2) is 0 Å². The molecule has 0 heteroatoms. The van der Waals surface area contributed by atoms with Crippen molar-refractivity contribution < 1.29 is 0 Å². The molecule has 0 saturated heterocycles. The molecule has 0 spiro atoms. The molecule has 0 unspecified atom stereocenters. The molecule has 1 radical (unpaired) electrons. The van der Waals surface area contributed by atoms with Gasteiger partial charge in [0.25, 0.3) is 0 Å². The van der Waals surface area contributed by atoms with Crippen molar-refractivity contribution in [3.8, 4) is 0 Å². The zero-order valence-electron chi connectivity index (χ0n) is 7.59. The minimum Gasteiger partial charge on any atom is -0.0768 e. The first-order valence-corrected chi connectivity index (χ1v) is 4.36. The molecular formula is C12H13. The highest BCUT2D eigenvalue weighted by molar-refractivity contribution is 5.45. The Balaban J connectivity index is 2.43. The average molecular weight is 157 g/mol. The van der Waals surface area contributed by atoms with Crippen molar-refractivity contribution in [2.45, 2.75) is 20.3 Å². The Hall–Kier alpha value is -1.04. The van der Waals surface area contributed by atoms with E-state index in [0.717, 1.165) is 6.42 Å². The van der Waals surface area contributed by atoms with Crippen LogP contribution in [-0.2, 0) is 6.42 Å². The minimum atomic E-state index is 1.12. The number of hydrogen-bond acceptors (Lipinski definition) is 0. The van der Waals surface area contributed by atoms with E-state index in [1.165, 1.54) is 22.3 Å². The Morgan fingerprint density at radius 2 is 2.00 bits per heavy atom. The summed E-state index contributed by atoms with van der Waals surface area (Å²) in [6, 6.07) is 6.67. The van der Waals surface area contributed by atoms with Gasteiger partial charge in [0.15, 0.2) is 0 Å². The lowest BCUT2D eigenvalue weighted by atomic mass is 9.91. The molecule has 1 aromatic carbocycles. The summed E-state index contributed by atoms with van der Waals surface area (Å²) in [5.74, 6) is 0. The number of rotatable bonds is 0. The van der Waals surface area contributed by atoms with Gasteiger partial charge in [0.05, 0.1) is 0 Å². The lowest BCUT2D eigenvalue weighted by Gasteiger charge is -2.14. The van der Waals surface area contributed by atoms with Gasteiger partial charge < -0.3 is 0 Å². The van der Waals surface area contributed by atoms with Crippen LogP contribution in [0.2, 0.25) is 0 Å². The van der Waals surface area contributed by atoms with Gasteiger partial charge in [-0.25, -0.2) is 0 Å². The van der Waals surface area contributed by atoms with Crippen LogP contribution in [0.5, 0.6) is 0 Å². The summed E-state index contributed by atoms with van der Waals surface area (Å²) in [5, 5.41) is 0. The fourth-order valence-corrected chi connectivity index (χ4v) is 1.62. The van der Waals surface area contributed by atoms with E-state index in [4.69, 9.17) is 0 Å². The quantitative estimate of drug-likeness (QED) is 0.543. The molecule has 0 aromatic heterocycles. The normalized spacial score (nSPS) is 15.3. The zero-order valence-corrected chi connectivity index (χ0v) is 7.59. The fourth-order valence-electron chi connectivity index (χ4n) is 1.62. The molecule has 2 rings (SSSR count). The Morgan fingerprint density at radius 3 is 2.83 bits per heavy atom. The van der Waals surface area contributed by atoms with E-state index < -0.39 is 0 Å². The molecular weight excluding hydrogens is 144 g/mol. The first-order valence-electron chi connectivity index (χ1n) is 4.36. The standard InChI is InChI=1S/C12H13/c1-9-3-5-12-8-10(2)4-6-11(12)7-9/h3-7H,8H2,1-2H3. The molecule has 0 bridgehead atoms. The summed E-state index contributed by atoms with van der Waals surface area (Å²) >= 11 is 0. The SMILES string of the molecule is CC1=C[CH]c2cc(C)ccc2C1. The van der Waals surface area contributed by atoms with Crippen LogP contribution in [0.3, 0.4) is 0 Å². The lowest BCUT2D eigenvalue weighted by molar-refractivity contribution is 1.08. The summed E-state index contributed by atoms with van der Waals surface area (Å²) in [4.78, 5) is 0. The summed E-state index contributed by atoms with van der Waals surface area (Å²) < 4.78 is 0. The van der Waals surface area contributed by atoms with Crippen molar-refractivity contribution in [2.75, 3.05) is 0 Å². The van der Waals surface area contributed by atoms with E-state index in [2.05, 4.69) is 44.5 Å². The molecule has 61 valence electrons. The highest BCUT2D eigenvalue weighted by Crippen LogP contribution is 2.22. The summed E-state index contributed by atoms with van der Waals surface area (Å²) in [7, 11) is 0. The molecule has 1 aliphatic rings. The first-order chi connectivity index (χ1) is 5.75. The van der Waals surface area contributed by atoms with Gasteiger partial charge in [-0.1, -0.05) is 35.4 Å². The van der Waals surface area contributed by atoms with E-state index in [9.17, 15) is 0 Å². The minimum absolute atomic E-state index is 1.12. The van der Waals surface area contributed by atoms with Crippen molar-refractivity contribution in [1.82, 2.24) is 0 Å². The van der Waals surface area contributed by atoms with Gasteiger partial charge in [-0.2, -0.15) is 0 Å². The first kappa shape index (κ1) is 7.60. The molecule has 0 saturated carbocycles. The van der Waals surface area contributed by atoms with Crippen LogP contribution in [0.1, 0.15) is 23.6 Å². The molecule has 0 amide bonds. The third-order valence-electron chi connectivity index (χ3n) is 2.32. The maximum absolute atomic E-state index is 2.25. The van der Waals surface area contributed by atoms with E-state index in [0.29, 0.717) is 0 Å². The fraction of sp³-hybridized carbons (Fsp3) is 0.250. The largest absolute Gasteiger partial charge is 0.0768 e. The molecule has 0 aliphatic heterocycles. The Kier molecular flexibility index (Phi) is 1.76. The van der Waals surface area contributed by atoms with E-state index in [-0.39, 0.29) is 0 Å². The van der Waals surface area contributed by atoms with Gasteiger partial charge in [0.1, 0.15) is 0 Å². The van der Waals surface area contributed by atoms with Crippen LogP contribution in [0.25, 0.3) is 0 Å². The molecule has 1 aromatic rings. The lowest BCUT2D eigenvalue weighted by Crippen LogP contribution is -1.99. The predicted octanol–water partition coefficient (Wildman–Crippen LogP) is 3.05. The Bertz CT molecular complexity index is 332.